The molecular weight excluding hydrogens is 344 g/mol. The number of nitrogens with zero attached hydrogens (tertiary/aromatic N) is 3. The highest BCUT2D eigenvalue weighted by molar-refractivity contribution is 5.92. The fourth-order valence-electron chi connectivity index (χ4n) is 3.60. The molecule has 2 amide bonds. The standard InChI is InChI=1S/C20H24N4O3/c25-19(15-22-12-13-27-18-6-2-1-4-16(18)14-22)23-8-10-24(11-9-23)20(26)17-5-3-7-21-17/h1-7,21H,8-15H2. The molecule has 2 aromatic rings. The molecule has 0 bridgehead atoms. The maximum absolute atomic E-state index is 12.7. The van der Waals surface area contributed by atoms with Crippen molar-refractivity contribution < 1.29 is 14.3 Å². The van der Waals surface area contributed by atoms with Crippen molar-refractivity contribution in [1.82, 2.24) is 19.7 Å². The molecule has 1 N–H and O–H groups in total. The highest BCUT2D eigenvalue weighted by atomic mass is 16.5. The number of hydrogen-bond acceptors (Lipinski definition) is 4. The summed E-state index contributed by atoms with van der Waals surface area (Å²) >= 11 is 0. The van der Waals surface area contributed by atoms with Crippen molar-refractivity contribution in [3.05, 3.63) is 53.9 Å². The molecule has 142 valence electrons. The van der Waals surface area contributed by atoms with Crippen molar-refractivity contribution in [3.63, 3.8) is 0 Å². The summed E-state index contributed by atoms with van der Waals surface area (Å²) in [6.07, 6.45) is 1.75. The molecule has 1 fully saturated rings. The number of fused-ring (bicyclic) bond motifs is 1. The molecule has 0 atom stereocenters. The summed E-state index contributed by atoms with van der Waals surface area (Å²) in [5.41, 5.74) is 1.71. The van der Waals surface area contributed by atoms with Gasteiger partial charge < -0.3 is 19.5 Å². The molecule has 4 rings (SSSR count). The van der Waals surface area contributed by atoms with Gasteiger partial charge in [0.05, 0.1) is 6.54 Å². The van der Waals surface area contributed by atoms with Crippen molar-refractivity contribution in [2.75, 3.05) is 45.9 Å². The van der Waals surface area contributed by atoms with E-state index in [1.165, 1.54) is 0 Å². The average Bonchev–Trinajstić information content (AvgIpc) is 3.16. The van der Waals surface area contributed by atoms with E-state index >= 15 is 0 Å². The van der Waals surface area contributed by atoms with E-state index in [0.717, 1.165) is 17.9 Å². The van der Waals surface area contributed by atoms with Gasteiger partial charge in [0.15, 0.2) is 0 Å². The van der Waals surface area contributed by atoms with E-state index in [1.54, 1.807) is 17.2 Å². The number of para-hydroxylation sites is 1. The van der Waals surface area contributed by atoms with Crippen LogP contribution in [0.25, 0.3) is 0 Å². The highest BCUT2D eigenvalue weighted by Crippen LogP contribution is 2.22. The number of hydrogen-bond donors (Lipinski definition) is 1. The number of benzene rings is 1. The largest absolute Gasteiger partial charge is 0.492 e. The fourth-order valence-corrected chi connectivity index (χ4v) is 3.60. The highest BCUT2D eigenvalue weighted by Gasteiger charge is 2.26. The van der Waals surface area contributed by atoms with E-state index in [2.05, 4.69) is 9.88 Å². The molecule has 3 heterocycles. The second kappa shape index (κ2) is 7.84. The summed E-state index contributed by atoms with van der Waals surface area (Å²) in [6, 6.07) is 11.6. The molecular formula is C20H24N4O3. The summed E-state index contributed by atoms with van der Waals surface area (Å²) in [5, 5.41) is 0. The number of aromatic amines is 1. The Bertz CT molecular complexity index is 797. The van der Waals surface area contributed by atoms with Crippen LogP contribution in [0.2, 0.25) is 0 Å². The van der Waals surface area contributed by atoms with Gasteiger partial charge in [-0.05, 0) is 18.2 Å². The van der Waals surface area contributed by atoms with Crippen molar-refractivity contribution >= 4 is 11.8 Å². The van der Waals surface area contributed by atoms with Crippen LogP contribution in [0, 0.1) is 0 Å². The molecule has 0 aliphatic carbocycles. The summed E-state index contributed by atoms with van der Waals surface area (Å²) in [4.78, 5) is 33.8. The maximum Gasteiger partial charge on any atom is 0.270 e. The van der Waals surface area contributed by atoms with Gasteiger partial charge >= 0.3 is 0 Å². The van der Waals surface area contributed by atoms with Crippen LogP contribution in [0.4, 0.5) is 0 Å². The number of ether oxygens (including phenoxy) is 1. The zero-order chi connectivity index (χ0) is 18.6. The molecule has 7 nitrogen and oxygen atoms in total. The molecule has 0 saturated carbocycles. The monoisotopic (exact) mass is 368 g/mol. The van der Waals surface area contributed by atoms with Crippen LogP contribution >= 0.6 is 0 Å². The van der Waals surface area contributed by atoms with E-state index in [1.807, 2.05) is 35.2 Å². The topological polar surface area (TPSA) is 68.9 Å². The Labute approximate surface area is 158 Å². The predicted octanol–water partition coefficient (Wildman–Crippen LogP) is 1.19. The molecule has 1 saturated heterocycles. The zero-order valence-electron chi connectivity index (χ0n) is 15.3. The number of rotatable bonds is 3. The molecule has 0 radical (unpaired) electrons. The third kappa shape index (κ3) is 3.98. The van der Waals surface area contributed by atoms with Crippen molar-refractivity contribution in [1.29, 1.82) is 0 Å². The minimum absolute atomic E-state index is 0.00614. The van der Waals surface area contributed by atoms with Gasteiger partial charge in [0.2, 0.25) is 5.91 Å². The summed E-state index contributed by atoms with van der Waals surface area (Å²) in [7, 11) is 0. The molecule has 1 aromatic heterocycles. The van der Waals surface area contributed by atoms with Gasteiger partial charge in [0.1, 0.15) is 18.1 Å². The molecule has 0 unspecified atom stereocenters. The molecule has 1 aromatic carbocycles. The SMILES string of the molecule is O=C(CN1CCOc2ccccc2C1)N1CCN(C(=O)c2ccc[nH]2)CC1. The Balaban J connectivity index is 1.30. The van der Waals surface area contributed by atoms with Crippen molar-refractivity contribution in [3.8, 4) is 5.75 Å². The maximum atomic E-state index is 12.7. The Morgan fingerprint density at radius 3 is 2.52 bits per heavy atom. The summed E-state index contributed by atoms with van der Waals surface area (Å²) in [6.45, 7) is 4.69. The molecule has 2 aliphatic rings. The van der Waals surface area contributed by atoms with Crippen molar-refractivity contribution in [2.24, 2.45) is 0 Å². The molecule has 2 aliphatic heterocycles. The number of H-pyrrole nitrogens is 1. The normalized spacial score (nSPS) is 17.8. The number of nitrogens with one attached hydrogen (secondary N) is 1. The summed E-state index contributed by atoms with van der Waals surface area (Å²) < 4.78 is 5.77. The van der Waals surface area contributed by atoms with Crippen LogP contribution in [0.1, 0.15) is 16.1 Å². The third-order valence-corrected chi connectivity index (χ3v) is 5.14. The zero-order valence-corrected chi connectivity index (χ0v) is 15.3. The van der Waals surface area contributed by atoms with Gasteiger partial charge in [-0.1, -0.05) is 18.2 Å². The number of piperazine rings is 1. The Hall–Kier alpha value is -2.80. The Kier molecular flexibility index (Phi) is 5.11. The van der Waals surface area contributed by atoms with Gasteiger partial charge in [0.25, 0.3) is 5.91 Å². The molecule has 7 heteroatoms. The second-order valence-electron chi connectivity index (χ2n) is 6.92. The van der Waals surface area contributed by atoms with Gasteiger partial charge in [-0.25, -0.2) is 0 Å². The smallest absolute Gasteiger partial charge is 0.270 e. The lowest BCUT2D eigenvalue weighted by molar-refractivity contribution is -0.134. The lowest BCUT2D eigenvalue weighted by atomic mass is 10.2. The van der Waals surface area contributed by atoms with Gasteiger partial charge in [-0.15, -0.1) is 0 Å². The lowest BCUT2D eigenvalue weighted by Gasteiger charge is -2.35. The minimum atomic E-state index is -0.00614. The number of carbonyl (C=O) groups excluding carboxylic acids is 2. The third-order valence-electron chi connectivity index (χ3n) is 5.14. The van der Waals surface area contributed by atoms with E-state index in [0.29, 0.717) is 51.6 Å². The van der Waals surface area contributed by atoms with E-state index in [4.69, 9.17) is 4.74 Å². The number of amides is 2. The first kappa shape index (κ1) is 17.6. The van der Waals surface area contributed by atoms with Gasteiger partial charge in [-0.3, -0.25) is 14.5 Å². The van der Waals surface area contributed by atoms with Crippen LogP contribution in [0.5, 0.6) is 5.75 Å². The minimum Gasteiger partial charge on any atom is -0.492 e. The fraction of sp³-hybridized carbons (Fsp3) is 0.400. The first-order chi connectivity index (χ1) is 13.2. The van der Waals surface area contributed by atoms with Gasteiger partial charge in [0, 0.05) is 51.0 Å². The molecule has 0 spiro atoms. The second-order valence-corrected chi connectivity index (χ2v) is 6.92. The van der Waals surface area contributed by atoms with Crippen LogP contribution in [0.3, 0.4) is 0 Å². The predicted molar refractivity (Wildman–Crippen MR) is 100 cm³/mol. The van der Waals surface area contributed by atoms with Crippen molar-refractivity contribution in [2.45, 2.75) is 6.54 Å². The first-order valence-corrected chi connectivity index (χ1v) is 9.34. The summed E-state index contributed by atoms with van der Waals surface area (Å²) in [5.74, 6) is 1.01. The lowest BCUT2D eigenvalue weighted by Crippen LogP contribution is -2.52. The Morgan fingerprint density at radius 1 is 0.963 bits per heavy atom. The Morgan fingerprint density at radius 2 is 1.74 bits per heavy atom. The van der Waals surface area contributed by atoms with Crippen LogP contribution < -0.4 is 4.74 Å². The molecule has 27 heavy (non-hydrogen) atoms. The number of aromatic nitrogens is 1. The average molecular weight is 368 g/mol. The van der Waals surface area contributed by atoms with E-state index in [-0.39, 0.29) is 11.8 Å². The van der Waals surface area contributed by atoms with Gasteiger partial charge in [-0.2, -0.15) is 0 Å². The van der Waals surface area contributed by atoms with E-state index < -0.39 is 0 Å². The van der Waals surface area contributed by atoms with Crippen LogP contribution in [-0.2, 0) is 11.3 Å². The van der Waals surface area contributed by atoms with Crippen LogP contribution in [-0.4, -0.2) is 77.4 Å². The van der Waals surface area contributed by atoms with E-state index in [9.17, 15) is 9.59 Å². The quantitative estimate of drug-likeness (QED) is 0.884. The van der Waals surface area contributed by atoms with Crippen LogP contribution in [0.15, 0.2) is 42.6 Å². The number of carbonyl (C=O) groups is 2. The first-order valence-electron chi connectivity index (χ1n) is 9.34.